The molecule has 15 heavy (non-hydrogen) atoms. The number of carbonyl (C=O) groups is 1. The van der Waals surface area contributed by atoms with Crippen molar-refractivity contribution in [1.82, 2.24) is 5.32 Å². The molecule has 0 saturated carbocycles. The Bertz CT molecular complexity index is 361. The Balaban J connectivity index is 2.74. The van der Waals surface area contributed by atoms with Gasteiger partial charge in [-0.2, -0.15) is 0 Å². The van der Waals surface area contributed by atoms with Crippen molar-refractivity contribution in [2.75, 3.05) is 6.54 Å². The first-order valence-electron chi connectivity index (χ1n) is 4.76. The summed E-state index contributed by atoms with van der Waals surface area (Å²) in [5.74, 6) is -0.425. The Morgan fingerprint density at radius 3 is 2.73 bits per heavy atom. The highest BCUT2D eigenvalue weighted by molar-refractivity contribution is 5.96. The molecule has 0 aliphatic carbocycles. The van der Waals surface area contributed by atoms with Crippen LogP contribution >= 0.6 is 0 Å². The minimum absolute atomic E-state index is 0.0434. The number of hydrogen-bond acceptors (Lipinski definition) is 3. The number of aliphatic hydroxyl groups is 1. The number of phenolic OH excluding ortho intramolecular Hbond substituents is 1. The maximum absolute atomic E-state index is 11.5. The van der Waals surface area contributed by atoms with E-state index in [1.54, 1.807) is 19.1 Å². The zero-order chi connectivity index (χ0) is 11.4. The van der Waals surface area contributed by atoms with Crippen molar-refractivity contribution >= 4 is 5.91 Å². The molecule has 0 radical (unpaired) electrons. The van der Waals surface area contributed by atoms with Gasteiger partial charge in [0.1, 0.15) is 5.75 Å². The number of hydrogen-bond donors (Lipinski definition) is 3. The molecule has 4 nitrogen and oxygen atoms in total. The van der Waals surface area contributed by atoms with Gasteiger partial charge >= 0.3 is 0 Å². The summed E-state index contributed by atoms with van der Waals surface area (Å²) in [6.45, 7) is 3.58. The molecule has 1 atom stereocenters. The lowest BCUT2D eigenvalue weighted by atomic mass is 10.1. The van der Waals surface area contributed by atoms with Crippen LogP contribution in [0.2, 0.25) is 0 Å². The maximum Gasteiger partial charge on any atom is 0.255 e. The molecule has 4 heteroatoms. The lowest BCUT2D eigenvalue weighted by Gasteiger charge is -2.08. The van der Waals surface area contributed by atoms with E-state index in [9.17, 15) is 9.90 Å². The number of phenols is 1. The van der Waals surface area contributed by atoms with Gasteiger partial charge in [-0.3, -0.25) is 4.79 Å². The molecule has 1 aromatic carbocycles. The Hall–Kier alpha value is -1.55. The average molecular weight is 209 g/mol. The fourth-order valence-corrected chi connectivity index (χ4v) is 1.17. The first-order valence-corrected chi connectivity index (χ1v) is 4.76. The molecule has 0 aliphatic rings. The van der Waals surface area contributed by atoms with Crippen LogP contribution in [0.5, 0.6) is 5.75 Å². The predicted octanol–water partition coefficient (Wildman–Crippen LogP) is 0.811. The molecule has 1 aromatic rings. The predicted molar refractivity (Wildman–Crippen MR) is 56.9 cm³/mol. The lowest BCUT2D eigenvalue weighted by molar-refractivity contribution is 0.0921. The number of amides is 1. The first kappa shape index (κ1) is 11.5. The standard InChI is InChI=1S/C11H15NO3/c1-7-3-4-9(10(14)5-7)11(15)12-6-8(2)13/h3-5,8,13-14H,6H2,1-2H3,(H,12,15)/t8-/m0/s1. The molecule has 0 aromatic heterocycles. The summed E-state index contributed by atoms with van der Waals surface area (Å²) in [6, 6.07) is 4.83. The highest BCUT2D eigenvalue weighted by Gasteiger charge is 2.10. The second kappa shape index (κ2) is 4.79. The number of aromatic hydroxyl groups is 1. The van der Waals surface area contributed by atoms with E-state index >= 15 is 0 Å². The molecule has 0 fully saturated rings. The van der Waals surface area contributed by atoms with Crippen molar-refractivity contribution in [2.24, 2.45) is 0 Å². The topological polar surface area (TPSA) is 69.6 Å². The minimum Gasteiger partial charge on any atom is -0.507 e. The summed E-state index contributed by atoms with van der Waals surface area (Å²) in [6.07, 6.45) is -0.596. The van der Waals surface area contributed by atoms with Gasteiger partial charge in [0.25, 0.3) is 5.91 Å². The van der Waals surface area contributed by atoms with Crippen molar-refractivity contribution in [3.05, 3.63) is 29.3 Å². The first-order chi connectivity index (χ1) is 7.00. The largest absolute Gasteiger partial charge is 0.507 e. The van der Waals surface area contributed by atoms with E-state index in [-0.39, 0.29) is 23.8 Å². The van der Waals surface area contributed by atoms with E-state index in [0.717, 1.165) is 5.56 Å². The number of aliphatic hydroxyl groups excluding tert-OH is 1. The van der Waals surface area contributed by atoms with Crippen LogP contribution < -0.4 is 5.32 Å². The van der Waals surface area contributed by atoms with Gasteiger partial charge in [0.05, 0.1) is 11.7 Å². The molecular weight excluding hydrogens is 194 g/mol. The minimum atomic E-state index is -0.596. The van der Waals surface area contributed by atoms with E-state index in [4.69, 9.17) is 5.11 Å². The van der Waals surface area contributed by atoms with Gasteiger partial charge in [0.15, 0.2) is 0 Å². The van der Waals surface area contributed by atoms with Crippen molar-refractivity contribution in [1.29, 1.82) is 0 Å². The monoisotopic (exact) mass is 209 g/mol. The quantitative estimate of drug-likeness (QED) is 0.690. The molecule has 3 N–H and O–H groups in total. The fraction of sp³-hybridized carbons (Fsp3) is 0.364. The second-order valence-electron chi connectivity index (χ2n) is 3.58. The molecule has 0 aliphatic heterocycles. The van der Waals surface area contributed by atoms with Gasteiger partial charge in [-0.15, -0.1) is 0 Å². The van der Waals surface area contributed by atoms with Crippen LogP contribution in [0, 0.1) is 6.92 Å². The zero-order valence-corrected chi connectivity index (χ0v) is 8.82. The van der Waals surface area contributed by atoms with Gasteiger partial charge in [-0.05, 0) is 31.5 Å². The third-order valence-corrected chi connectivity index (χ3v) is 1.96. The Morgan fingerprint density at radius 1 is 1.53 bits per heavy atom. The SMILES string of the molecule is Cc1ccc(C(=O)NC[C@H](C)O)c(O)c1. The summed E-state index contributed by atoms with van der Waals surface area (Å²) in [7, 11) is 0. The number of carbonyl (C=O) groups excluding carboxylic acids is 1. The lowest BCUT2D eigenvalue weighted by Crippen LogP contribution is -2.30. The van der Waals surface area contributed by atoms with Crippen molar-refractivity contribution < 1.29 is 15.0 Å². The second-order valence-corrected chi connectivity index (χ2v) is 3.58. The molecule has 0 unspecified atom stereocenters. The Kier molecular flexibility index (Phi) is 3.68. The molecule has 1 rings (SSSR count). The highest BCUT2D eigenvalue weighted by atomic mass is 16.3. The van der Waals surface area contributed by atoms with Crippen molar-refractivity contribution in [2.45, 2.75) is 20.0 Å². The highest BCUT2D eigenvalue weighted by Crippen LogP contribution is 2.17. The van der Waals surface area contributed by atoms with Crippen molar-refractivity contribution in [3.8, 4) is 5.75 Å². The van der Waals surface area contributed by atoms with Crippen LogP contribution in [-0.2, 0) is 0 Å². The van der Waals surface area contributed by atoms with Crippen LogP contribution in [-0.4, -0.2) is 28.8 Å². The summed E-state index contributed by atoms with van der Waals surface area (Å²) in [4.78, 5) is 11.5. The maximum atomic E-state index is 11.5. The van der Waals surface area contributed by atoms with Crippen LogP contribution in [0.25, 0.3) is 0 Å². The Labute approximate surface area is 88.6 Å². The van der Waals surface area contributed by atoms with Gasteiger partial charge in [-0.25, -0.2) is 0 Å². The summed E-state index contributed by atoms with van der Waals surface area (Å²) in [5, 5.41) is 21.0. The third-order valence-electron chi connectivity index (χ3n) is 1.96. The van der Waals surface area contributed by atoms with E-state index in [2.05, 4.69) is 5.32 Å². The number of aryl methyl sites for hydroxylation is 1. The Morgan fingerprint density at radius 2 is 2.20 bits per heavy atom. The van der Waals surface area contributed by atoms with Crippen LogP contribution in [0.15, 0.2) is 18.2 Å². The summed E-state index contributed by atoms with van der Waals surface area (Å²) in [5.41, 5.74) is 1.11. The molecule has 0 saturated heterocycles. The fourth-order valence-electron chi connectivity index (χ4n) is 1.17. The normalized spacial score (nSPS) is 12.2. The molecular formula is C11H15NO3. The molecule has 1 amide bonds. The van der Waals surface area contributed by atoms with Crippen molar-refractivity contribution in [3.63, 3.8) is 0 Å². The molecule has 82 valence electrons. The molecule has 0 spiro atoms. The van der Waals surface area contributed by atoms with E-state index in [0.29, 0.717) is 0 Å². The van der Waals surface area contributed by atoms with Gasteiger partial charge in [-0.1, -0.05) is 6.07 Å². The number of rotatable bonds is 3. The van der Waals surface area contributed by atoms with E-state index in [1.807, 2.05) is 6.92 Å². The summed E-state index contributed by atoms with van der Waals surface area (Å²) < 4.78 is 0. The van der Waals surface area contributed by atoms with E-state index < -0.39 is 6.10 Å². The molecule has 0 bridgehead atoms. The number of nitrogens with one attached hydrogen (secondary N) is 1. The smallest absolute Gasteiger partial charge is 0.255 e. The van der Waals surface area contributed by atoms with E-state index in [1.165, 1.54) is 6.07 Å². The van der Waals surface area contributed by atoms with Crippen LogP contribution in [0.1, 0.15) is 22.8 Å². The van der Waals surface area contributed by atoms with Gasteiger partial charge in [0.2, 0.25) is 0 Å². The van der Waals surface area contributed by atoms with Crippen LogP contribution in [0.3, 0.4) is 0 Å². The van der Waals surface area contributed by atoms with Gasteiger partial charge in [0, 0.05) is 6.54 Å². The van der Waals surface area contributed by atoms with Crippen LogP contribution in [0.4, 0.5) is 0 Å². The molecule has 0 heterocycles. The third kappa shape index (κ3) is 3.25. The summed E-state index contributed by atoms with van der Waals surface area (Å²) >= 11 is 0. The zero-order valence-electron chi connectivity index (χ0n) is 8.82. The average Bonchev–Trinajstić information content (AvgIpc) is 2.14. The number of benzene rings is 1. The van der Waals surface area contributed by atoms with Gasteiger partial charge < -0.3 is 15.5 Å².